The first-order chi connectivity index (χ1) is 15.5. The summed E-state index contributed by atoms with van der Waals surface area (Å²) in [7, 11) is 0. The molecule has 180 valence electrons. The largest absolute Gasteiger partial charge is 0.507 e. The Kier molecular flexibility index (Phi) is 11.9. The zero-order valence-corrected chi connectivity index (χ0v) is 21.0. The second-order valence-electron chi connectivity index (χ2n) is 9.21. The molecule has 0 saturated heterocycles. The van der Waals surface area contributed by atoms with Gasteiger partial charge in [-0.3, -0.25) is 9.80 Å². The molecule has 32 heavy (non-hydrogen) atoms. The van der Waals surface area contributed by atoms with Crippen molar-refractivity contribution in [1.29, 1.82) is 0 Å². The highest BCUT2D eigenvalue weighted by Crippen LogP contribution is 2.37. The lowest BCUT2D eigenvalue weighted by Crippen LogP contribution is -2.25. The van der Waals surface area contributed by atoms with E-state index >= 15 is 0 Å². The third kappa shape index (κ3) is 7.67. The lowest BCUT2D eigenvalue weighted by atomic mass is 10.0. The van der Waals surface area contributed by atoms with Crippen molar-refractivity contribution in [2.24, 2.45) is 0 Å². The molecule has 2 aromatic carbocycles. The maximum atomic E-state index is 11.0. The normalized spacial score (nSPS) is 11.8. The summed E-state index contributed by atoms with van der Waals surface area (Å²) in [5.41, 5.74) is 1.90. The average molecular weight is 443 g/mol. The lowest BCUT2D eigenvalue weighted by molar-refractivity contribution is 0.253. The smallest absolute Gasteiger partial charge is 0.128 e. The van der Waals surface area contributed by atoms with Crippen LogP contribution in [0.5, 0.6) is 11.5 Å². The van der Waals surface area contributed by atoms with Gasteiger partial charge < -0.3 is 10.2 Å². The fourth-order valence-corrected chi connectivity index (χ4v) is 4.27. The first-order valence-corrected chi connectivity index (χ1v) is 13.0. The highest BCUT2D eigenvalue weighted by atomic mass is 16.3. The summed E-state index contributed by atoms with van der Waals surface area (Å²) in [5, 5.41) is 23.6. The van der Waals surface area contributed by atoms with Crippen LogP contribution in [0.15, 0.2) is 24.3 Å². The SMILES string of the molecule is CCCCN(CCCC)Cc1ccc2c(O)c(CN(CCCC)CCCC)ccc2c1O. The molecule has 0 heterocycles. The molecule has 2 rings (SSSR count). The predicted molar refractivity (Wildman–Crippen MR) is 137 cm³/mol. The zero-order chi connectivity index (χ0) is 23.3. The Morgan fingerprint density at radius 3 is 1.12 bits per heavy atom. The molecule has 0 spiro atoms. The van der Waals surface area contributed by atoms with Crippen LogP contribution in [0.25, 0.3) is 10.8 Å². The van der Waals surface area contributed by atoms with Crippen molar-refractivity contribution in [3.05, 3.63) is 35.4 Å². The summed E-state index contributed by atoms with van der Waals surface area (Å²) in [6, 6.07) is 7.98. The van der Waals surface area contributed by atoms with E-state index in [4.69, 9.17) is 0 Å². The number of rotatable bonds is 16. The molecule has 0 amide bonds. The molecule has 2 N–H and O–H groups in total. The molecule has 0 aromatic heterocycles. The summed E-state index contributed by atoms with van der Waals surface area (Å²) < 4.78 is 0. The van der Waals surface area contributed by atoms with Gasteiger partial charge in [-0.05, 0) is 51.9 Å². The molecule has 4 heteroatoms. The van der Waals surface area contributed by atoms with E-state index < -0.39 is 0 Å². The minimum Gasteiger partial charge on any atom is -0.507 e. The van der Waals surface area contributed by atoms with Gasteiger partial charge in [-0.1, -0.05) is 77.6 Å². The Hall–Kier alpha value is -1.78. The number of unbranched alkanes of at least 4 members (excludes halogenated alkanes) is 4. The van der Waals surface area contributed by atoms with Crippen LogP contribution in [0, 0.1) is 0 Å². The number of nitrogens with zero attached hydrogens (tertiary/aromatic N) is 2. The summed E-state index contributed by atoms with van der Waals surface area (Å²) in [4.78, 5) is 4.89. The van der Waals surface area contributed by atoms with Gasteiger partial charge in [0, 0.05) is 35.0 Å². The topological polar surface area (TPSA) is 46.9 Å². The van der Waals surface area contributed by atoms with E-state index in [1.807, 2.05) is 24.3 Å². The fraction of sp³-hybridized carbons (Fsp3) is 0.643. The quantitative estimate of drug-likeness (QED) is 0.292. The Bertz CT molecular complexity index is 722. The van der Waals surface area contributed by atoms with Crippen LogP contribution in [0.4, 0.5) is 0 Å². The van der Waals surface area contributed by atoms with E-state index in [2.05, 4.69) is 37.5 Å². The van der Waals surface area contributed by atoms with Crippen LogP contribution in [-0.2, 0) is 13.1 Å². The Morgan fingerprint density at radius 1 is 0.531 bits per heavy atom. The molecular formula is C28H46N2O2. The second kappa shape index (κ2) is 14.4. The van der Waals surface area contributed by atoms with Gasteiger partial charge in [0.25, 0.3) is 0 Å². The van der Waals surface area contributed by atoms with Crippen LogP contribution in [0.2, 0.25) is 0 Å². The van der Waals surface area contributed by atoms with Crippen molar-refractivity contribution >= 4 is 10.8 Å². The molecule has 0 aliphatic carbocycles. The van der Waals surface area contributed by atoms with Crippen LogP contribution < -0.4 is 0 Å². The summed E-state index contributed by atoms with van der Waals surface area (Å²) in [5.74, 6) is 0.632. The van der Waals surface area contributed by atoms with Crippen molar-refractivity contribution in [3.63, 3.8) is 0 Å². The molecule has 0 saturated carbocycles. The standard InChI is InChI=1S/C28H46N2O2/c1-5-9-17-29(18-10-6-2)21-23-13-15-26-25(27(23)31)16-14-24(28(26)32)22-30(19-11-7-3)20-12-8-4/h13-16,31-32H,5-12,17-22H2,1-4H3. The first kappa shape index (κ1) is 26.5. The minimum absolute atomic E-state index is 0.316. The van der Waals surface area contributed by atoms with E-state index in [-0.39, 0.29) is 0 Å². The van der Waals surface area contributed by atoms with Gasteiger partial charge in [0.2, 0.25) is 0 Å². The zero-order valence-electron chi connectivity index (χ0n) is 21.0. The minimum atomic E-state index is 0.316. The summed E-state index contributed by atoms with van der Waals surface area (Å²) >= 11 is 0. The van der Waals surface area contributed by atoms with Gasteiger partial charge in [0.15, 0.2) is 0 Å². The number of fused-ring (bicyclic) bond motifs is 1. The number of phenols is 2. The van der Waals surface area contributed by atoms with Crippen molar-refractivity contribution in [1.82, 2.24) is 9.80 Å². The highest BCUT2D eigenvalue weighted by molar-refractivity contribution is 5.94. The molecule has 0 fully saturated rings. The first-order valence-electron chi connectivity index (χ1n) is 13.0. The monoisotopic (exact) mass is 442 g/mol. The molecule has 4 nitrogen and oxygen atoms in total. The average Bonchev–Trinajstić information content (AvgIpc) is 2.80. The fourth-order valence-electron chi connectivity index (χ4n) is 4.27. The number of hydrogen-bond acceptors (Lipinski definition) is 4. The molecular weight excluding hydrogens is 396 g/mol. The van der Waals surface area contributed by atoms with Crippen molar-refractivity contribution < 1.29 is 10.2 Å². The van der Waals surface area contributed by atoms with E-state index in [9.17, 15) is 10.2 Å². The molecule has 2 aromatic rings. The van der Waals surface area contributed by atoms with Gasteiger partial charge in [-0.15, -0.1) is 0 Å². The molecule has 0 aliphatic heterocycles. The van der Waals surface area contributed by atoms with Crippen LogP contribution in [0.3, 0.4) is 0 Å². The lowest BCUT2D eigenvalue weighted by Gasteiger charge is -2.24. The van der Waals surface area contributed by atoms with Crippen molar-refractivity contribution in [2.75, 3.05) is 26.2 Å². The third-order valence-electron chi connectivity index (χ3n) is 6.41. The summed E-state index contributed by atoms with van der Waals surface area (Å²) in [6.07, 6.45) is 9.41. The predicted octanol–water partition coefficient (Wildman–Crippen LogP) is 7.06. The number of hydrogen-bond donors (Lipinski definition) is 2. The third-order valence-corrected chi connectivity index (χ3v) is 6.41. The molecule has 0 bridgehead atoms. The van der Waals surface area contributed by atoms with E-state index in [1.54, 1.807) is 0 Å². The maximum absolute atomic E-state index is 11.0. The Labute approximate surface area is 196 Å². The molecule has 0 radical (unpaired) electrons. The number of aromatic hydroxyl groups is 2. The number of phenolic OH excluding ortho intramolecular Hbond substituents is 2. The van der Waals surface area contributed by atoms with Gasteiger partial charge in [0.1, 0.15) is 11.5 Å². The molecule has 0 aliphatic rings. The van der Waals surface area contributed by atoms with Crippen LogP contribution in [-0.4, -0.2) is 46.2 Å². The second-order valence-corrected chi connectivity index (χ2v) is 9.21. The highest BCUT2D eigenvalue weighted by Gasteiger charge is 2.16. The molecule has 0 unspecified atom stereocenters. The van der Waals surface area contributed by atoms with Gasteiger partial charge in [-0.25, -0.2) is 0 Å². The molecule has 0 atom stereocenters. The van der Waals surface area contributed by atoms with Crippen LogP contribution in [0.1, 0.15) is 90.2 Å². The van der Waals surface area contributed by atoms with E-state index in [1.165, 1.54) is 51.4 Å². The van der Waals surface area contributed by atoms with Crippen LogP contribution >= 0.6 is 0 Å². The Balaban J connectivity index is 2.24. The van der Waals surface area contributed by atoms with Crippen molar-refractivity contribution in [2.45, 2.75) is 92.2 Å². The van der Waals surface area contributed by atoms with Gasteiger partial charge >= 0.3 is 0 Å². The van der Waals surface area contributed by atoms with Gasteiger partial charge in [0.05, 0.1) is 0 Å². The maximum Gasteiger partial charge on any atom is 0.128 e. The van der Waals surface area contributed by atoms with Crippen molar-refractivity contribution in [3.8, 4) is 11.5 Å². The summed E-state index contributed by atoms with van der Waals surface area (Å²) in [6.45, 7) is 14.6. The Morgan fingerprint density at radius 2 is 0.844 bits per heavy atom. The van der Waals surface area contributed by atoms with E-state index in [0.717, 1.165) is 61.2 Å². The van der Waals surface area contributed by atoms with Gasteiger partial charge in [-0.2, -0.15) is 0 Å². The number of benzene rings is 2. The van der Waals surface area contributed by atoms with E-state index in [0.29, 0.717) is 11.5 Å².